The Morgan fingerprint density at radius 1 is 0.818 bits per heavy atom. The first-order valence-corrected chi connectivity index (χ1v) is 17.7. The number of carbonyl (C=O) groups excluding carboxylic acids is 2. The van der Waals surface area contributed by atoms with E-state index in [0.29, 0.717) is 29.5 Å². The van der Waals surface area contributed by atoms with Crippen LogP contribution in [0, 0.1) is 0 Å². The lowest BCUT2D eigenvalue weighted by Gasteiger charge is -2.42. The van der Waals surface area contributed by atoms with Crippen LogP contribution in [0.25, 0.3) is 6.08 Å². The summed E-state index contributed by atoms with van der Waals surface area (Å²) in [4.78, 5) is 25.3. The molecule has 2 amide bonds. The van der Waals surface area contributed by atoms with Crippen LogP contribution >= 0.6 is 11.8 Å². The Morgan fingerprint density at radius 3 is 1.91 bits per heavy atom. The van der Waals surface area contributed by atoms with E-state index in [9.17, 15) is 9.59 Å². The molecule has 0 aliphatic rings. The van der Waals surface area contributed by atoms with E-state index in [1.165, 1.54) is 22.1 Å². The predicted molar refractivity (Wildman–Crippen MR) is 184 cm³/mol. The van der Waals surface area contributed by atoms with Crippen molar-refractivity contribution in [2.75, 3.05) is 24.7 Å². The van der Waals surface area contributed by atoms with E-state index in [1.807, 2.05) is 66.7 Å². The first kappa shape index (κ1) is 33.0. The zero-order chi connectivity index (χ0) is 31.4. The van der Waals surface area contributed by atoms with Gasteiger partial charge in [0.1, 0.15) is 5.75 Å². The van der Waals surface area contributed by atoms with Crippen molar-refractivity contribution in [2.45, 2.75) is 25.8 Å². The van der Waals surface area contributed by atoms with Gasteiger partial charge in [-0.1, -0.05) is 124 Å². The molecule has 44 heavy (non-hydrogen) atoms. The number of hydrogen-bond acceptors (Lipinski definition) is 6. The number of carbonyl (C=O) groups is 2. The van der Waals surface area contributed by atoms with Crippen molar-refractivity contribution in [2.24, 2.45) is 5.84 Å². The topological polar surface area (TPSA) is 81.9 Å². The highest BCUT2D eigenvalue weighted by Crippen LogP contribution is 2.36. The second-order valence-electron chi connectivity index (χ2n) is 11.3. The van der Waals surface area contributed by atoms with Crippen molar-refractivity contribution in [1.82, 2.24) is 5.01 Å². The van der Waals surface area contributed by atoms with Crippen LogP contribution in [0.1, 0.15) is 36.7 Å². The summed E-state index contributed by atoms with van der Waals surface area (Å²) in [5, 5.41) is 3.05. The Balaban J connectivity index is 1.33. The number of para-hydroxylation sites is 1. The average Bonchev–Trinajstić information content (AvgIpc) is 3.05. The van der Waals surface area contributed by atoms with Crippen LogP contribution in [0.4, 0.5) is 0 Å². The molecular weight excluding hydrogens is 585 g/mol. The highest BCUT2D eigenvalue weighted by molar-refractivity contribution is 7.99. The van der Waals surface area contributed by atoms with Gasteiger partial charge in [-0.15, -0.1) is 11.8 Å². The number of nitrogens with two attached hydrogens (primary N) is 1. The fourth-order valence-corrected chi connectivity index (χ4v) is 10.2. The molecule has 0 heterocycles. The molecule has 4 rings (SSSR count). The van der Waals surface area contributed by atoms with Crippen LogP contribution in [-0.4, -0.2) is 49.9 Å². The maximum absolute atomic E-state index is 12.8. The molecule has 0 fully saturated rings. The highest BCUT2D eigenvalue weighted by Gasteiger charge is 2.49. The predicted octanol–water partition coefficient (Wildman–Crippen LogP) is 5.93. The Hall–Kier alpha value is -3.95. The van der Waals surface area contributed by atoms with E-state index in [4.69, 9.17) is 15.0 Å². The van der Waals surface area contributed by atoms with Crippen molar-refractivity contribution < 1.29 is 18.8 Å². The smallest absolute Gasteiger partial charge is 0.274 e. The fourth-order valence-electron chi connectivity index (χ4n) is 5.07. The summed E-state index contributed by atoms with van der Waals surface area (Å²) in [5.74, 6) is 6.34. The van der Waals surface area contributed by atoms with Crippen molar-refractivity contribution in [1.29, 1.82) is 0 Å². The molecule has 0 saturated carbocycles. The number of ether oxygens (including phenoxy) is 1. The SMILES string of the molecule is CC(C)(C)[Si](OCC=Cc1ccc(C(=O)N(N)C(=O)CSCCOc2ccccc2)cc1)(c1ccccc1)c1ccccc1. The Morgan fingerprint density at radius 2 is 1.36 bits per heavy atom. The van der Waals surface area contributed by atoms with Crippen LogP contribution in [0.15, 0.2) is 121 Å². The van der Waals surface area contributed by atoms with E-state index >= 15 is 0 Å². The second-order valence-corrected chi connectivity index (χ2v) is 16.7. The normalized spacial score (nSPS) is 11.8. The van der Waals surface area contributed by atoms with Gasteiger partial charge in [0.05, 0.1) is 19.0 Å². The molecular formula is C36H40N2O4SSi. The molecule has 4 aromatic carbocycles. The molecule has 2 N–H and O–H groups in total. The van der Waals surface area contributed by atoms with Crippen LogP contribution in [0.2, 0.25) is 5.04 Å². The van der Waals surface area contributed by atoms with E-state index in [1.54, 1.807) is 12.1 Å². The minimum absolute atomic E-state index is 0.0898. The zero-order valence-electron chi connectivity index (χ0n) is 25.5. The average molecular weight is 625 g/mol. The van der Waals surface area contributed by atoms with Gasteiger partial charge in [0.2, 0.25) is 0 Å². The third-order valence-electron chi connectivity index (χ3n) is 7.23. The van der Waals surface area contributed by atoms with Gasteiger partial charge in [-0.05, 0) is 45.2 Å². The molecule has 4 aromatic rings. The molecule has 0 atom stereocenters. The van der Waals surface area contributed by atoms with Gasteiger partial charge in [0.25, 0.3) is 20.1 Å². The number of benzene rings is 4. The molecule has 0 spiro atoms. The summed E-state index contributed by atoms with van der Waals surface area (Å²) >= 11 is 1.37. The standard InChI is InChI=1S/C36H40N2O4SSi/c1-36(2,3)44(32-17-9-5-10-18-32,33-19-11-6-12-20-33)42-25-13-14-29-21-23-30(24-22-29)35(40)38(37)34(39)28-43-27-26-41-31-15-7-4-8-16-31/h4-24H,25-28,37H2,1-3H3. The van der Waals surface area contributed by atoms with Gasteiger partial charge >= 0.3 is 0 Å². The monoisotopic (exact) mass is 624 g/mol. The van der Waals surface area contributed by atoms with Gasteiger partial charge in [0.15, 0.2) is 0 Å². The van der Waals surface area contributed by atoms with Crippen molar-refractivity contribution in [3.63, 3.8) is 0 Å². The molecule has 0 radical (unpaired) electrons. The number of rotatable bonds is 13. The first-order valence-electron chi connectivity index (χ1n) is 14.6. The first-order chi connectivity index (χ1) is 21.2. The second kappa shape index (κ2) is 15.7. The molecule has 8 heteroatoms. The minimum Gasteiger partial charge on any atom is -0.493 e. The lowest BCUT2D eigenvalue weighted by molar-refractivity contribution is -0.126. The number of hydrazine groups is 1. The molecule has 0 aliphatic carbocycles. The number of thioether (sulfide) groups is 1. The van der Waals surface area contributed by atoms with E-state index in [0.717, 1.165) is 11.3 Å². The van der Waals surface area contributed by atoms with Crippen LogP contribution in [0.3, 0.4) is 0 Å². The molecule has 0 bridgehead atoms. The summed E-state index contributed by atoms with van der Waals surface area (Å²) in [6.07, 6.45) is 3.99. The van der Waals surface area contributed by atoms with Gasteiger partial charge < -0.3 is 9.16 Å². The Labute approximate surface area is 266 Å². The van der Waals surface area contributed by atoms with E-state index < -0.39 is 20.1 Å². The maximum Gasteiger partial charge on any atom is 0.274 e. The summed E-state index contributed by atoms with van der Waals surface area (Å²) in [5.41, 5.74) is 1.26. The molecule has 0 aromatic heterocycles. The number of amides is 2. The summed E-state index contributed by atoms with van der Waals surface area (Å²) in [7, 11) is -2.62. The number of hydrogen-bond donors (Lipinski definition) is 1. The third-order valence-corrected chi connectivity index (χ3v) is 13.1. The highest BCUT2D eigenvalue weighted by atomic mass is 32.2. The Kier molecular flexibility index (Phi) is 11.7. The molecule has 0 saturated heterocycles. The van der Waals surface area contributed by atoms with Crippen molar-refractivity contribution >= 4 is 48.3 Å². The largest absolute Gasteiger partial charge is 0.493 e. The molecule has 6 nitrogen and oxygen atoms in total. The van der Waals surface area contributed by atoms with Crippen LogP contribution in [0.5, 0.6) is 5.75 Å². The van der Waals surface area contributed by atoms with Crippen LogP contribution < -0.4 is 21.0 Å². The third kappa shape index (κ3) is 8.36. The molecule has 0 aliphatic heterocycles. The van der Waals surface area contributed by atoms with E-state index in [2.05, 4.69) is 69.3 Å². The fraction of sp³-hybridized carbons (Fsp3) is 0.222. The summed E-state index contributed by atoms with van der Waals surface area (Å²) in [6.45, 7) is 7.65. The summed E-state index contributed by atoms with van der Waals surface area (Å²) < 4.78 is 12.5. The van der Waals surface area contributed by atoms with Gasteiger partial charge in [-0.3, -0.25) is 9.59 Å². The van der Waals surface area contributed by atoms with Crippen molar-refractivity contribution in [3.8, 4) is 5.75 Å². The number of nitrogens with zero attached hydrogens (tertiary/aromatic N) is 1. The lowest BCUT2D eigenvalue weighted by Crippen LogP contribution is -2.66. The molecule has 0 unspecified atom stereocenters. The quantitative estimate of drug-likeness (QED) is 0.0653. The minimum atomic E-state index is -2.62. The number of imide groups is 1. The lowest BCUT2D eigenvalue weighted by atomic mass is 10.1. The molecule has 228 valence electrons. The maximum atomic E-state index is 12.8. The van der Waals surface area contributed by atoms with E-state index in [-0.39, 0.29) is 10.8 Å². The van der Waals surface area contributed by atoms with Crippen molar-refractivity contribution in [3.05, 3.63) is 132 Å². The summed E-state index contributed by atoms with van der Waals surface area (Å²) in [6, 6.07) is 37.6. The van der Waals surface area contributed by atoms with Gasteiger partial charge in [0, 0.05) is 11.3 Å². The van der Waals surface area contributed by atoms with Gasteiger partial charge in [-0.2, -0.15) is 0 Å². The van der Waals surface area contributed by atoms with Gasteiger partial charge in [-0.25, -0.2) is 10.9 Å². The Bertz CT molecular complexity index is 1470. The zero-order valence-corrected chi connectivity index (χ0v) is 27.3. The van der Waals surface area contributed by atoms with Crippen LogP contribution in [-0.2, 0) is 9.22 Å².